The zero-order valence-corrected chi connectivity index (χ0v) is 25.7. The molecular formula is C42H29N5. The summed E-state index contributed by atoms with van der Waals surface area (Å²) in [6.07, 6.45) is 1.62. The van der Waals surface area contributed by atoms with Gasteiger partial charge in [-0.3, -0.25) is 0 Å². The van der Waals surface area contributed by atoms with E-state index in [0.717, 1.165) is 55.9 Å². The lowest BCUT2D eigenvalue weighted by Crippen LogP contribution is -2.00. The molecule has 0 aliphatic heterocycles. The highest BCUT2D eigenvalue weighted by Crippen LogP contribution is 2.35. The average Bonchev–Trinajstić information content (AvgIpc) is 3.15. The number of hydrogen-bond donors (Lipinski definition) is 0. The molecule has 5 heteroatoms. The molecule has 0 amide bonds. The monoisotopic (exact) mass is 603 g/mol. The molecule has 8 aromatic rings. The van der Waals surface area contributed by atoms with Crippen LogP contribution in [-0.2, 0) is 0 Å². The fourth-order valence-electron chi connectivity index (χ4n) is 5.87. The Morgan fingerprint density at radius 3 is 1.51 bits per heavy atom. The third-order valence-electron chi connectivity index (χ3n) is 8.27. The summed E-state index contributed by atoms with van der Waals surface area (Å²) in [6, 6.07) is 52.3. The van der Waals surface area contributed by atoms with Crippen molar-refractivity contribution < 1.29 is 0 Å². The molecule has 6 aromatic carbocycles. The fourth-order valence-corrected chi connectivity index (χ4v) is 5.87. The van der Waals surface area contributed by atoms with E-state index in [1.54, 1.807) is 6.33 Å². The molecule has 2 aromatic heterocycles. The largest absolute Gasteiger partial charge is 0.242 e. The van der Waals surface area contributed by atoms with Crippen molar-refractivity contribution in [1.29, 1.82) is 0 Å². The highest BCUT2D eigenvalue weighted by atomic mass is 15.0. The molecule has 0 spiro atoms. The summed E-state index contributed by atoms with van der Waals surface area (Å²) >= 11 is 0. The van der Waals surface area contributed by atoms with Gasteiger partial charge in [-0.05, 0) is 76.3 Å². The number of aromatic nitrogens is 5. The van der Waals surface area contributed by atoms with Gasteiger partial charge in [0.1, 0.15) is 6.33 Å². The highest BCUT2D eigenvalue weighted by molar-refractivity contribution is 5.89. The van der Waals surface area contributed by atoms with E-state index >= 15 is 0 Å². The first-order valence-corrected chi connectivity index (χ1v) is 15.6. The van der Waals surface area contributed by atoms with Gasteiger partial charge in [-0.1, -0.05) is 115 Å². The quantitative estimate of drug-likeness (QED) is 0.189. The first-order valence-electron chi connectivity index (χ1n) is 15.6. The van der Waals surface area contributed by atoms with Gasteiger partial charge in [-0.25, -0.2) is 24.9 Å². The van der Waals surface area contributed by atoms with Crippen LogP contribution in [0.1, 0.15) is 5.69 Å². The van der Waals surface area contributed by atoms with Crippen LogP contribution in [0.2, 0.25) is 0 Å². The molecule has 0 N–H and O–H groups in total. The molecule has 8 rings (SSSR count). The van der Waals surface area contributed by atoms with Gasteiger partial charge in [0.15, 0.2) is 17.5 Å². The van der Waals surface area contributed by atoms with E-state index in [4.69, 9.17) is 15.0 Å². The summed E-state index contributed by atoms with van der Waals surface area (Å²) in [4.78, 5) is 23.9. The van der Waals surface area contributed by atoms with Gasteiger partial charge < -0.3 is 0 Å². The summed E-state index contributed by atoms with van der Waals surface area (Å²) in [5.74, 6) is 1.88. The van der Waals surface area contributed by atoms with Gasteiger partial charge in [0.25, 0.3) is 0 Å². The van der Waals surface area contributed by atoms with Crippen molar-refractivity contribution in [1.82, 2.24) is 24.9 Å². The van der Waals surface area contributed by atoms with E-state index in [-0.39, 0.29) is 0 Å². The van der Waals surface area contributed by atoms with E-state index in [9.17, 15) is 0 Å². The van der Waals surface area contributed by atoms with Crippen LogP contribution in [0.25, 0.3) is 78.4 Å². The van der Waals surface area contributed by atoms with E-state index in [2.05, 4.69) is 94.9 Å². The number of benzene rings is 6. The van der Waals surface area contributed by atoms with Crippen LogP contribution < -0.4 is 0 Å². The lowest BCUT2D eigenvalue weighted by atomic mass is 9.93. The Labute approximate surface area is 273 Å². The predicted octanol–water partition coefficient (Wildman–Crippen LogP) is 10.1. The van der Waals surface area contributed by atoms with Gasteiger partial charge in [-0.15, -0.1) is 0 Å². The second kappa shape index (κ2) is 12.2. The fraction of sp³-hybridized carbons (Fsp3) is 0.0238. The highest BCUT2D eigenvalue weighted by Gasteiger charge is 2.15. The van der Waals surface area contributed by atoms with Gasteiger partial charge in [-0.2, -0.15) is 0 Å². The van der Waals surface area contributed by atoms with Crippen LogP contribution in [0, 0.1) is 6.92 Å². The minimum atomic E-state index is 0.615. The van der Waals surface area contributed by atoms with Crippen LogP contribution >= 0.6 is 0 Å². The molecule has 0 atom stereocenters. The maximum Gasteiger partial charge on any atom is 0.164 e. The third kappa shape index (κ3) is 5.90. The van der Waals surface area contributed by atoms with Crippen LogP contribution in [-0.4, -0.2) is 24.9 Å². The maximum absolute atomic E-state index is 5.05. The molecular weight excluding hydrogens is 574 g/mol. The molecule has 2 heterocycles. The third-order valence-corrected chi connectivity index (χ3v) is 8.27. The normalized spacial score (nSPS) is 11.1. The van der Waals surface area contributed by atoms with Crippen LogP contribution in [0.4, 0.5) is 0 Å². The second-order valence-corrected chi connectivity index (χ2v) is 11.5. The Bertz CT molecular complexity index is 2310. The van der Waals surface area contributed by atoms with E-state index in [0.29, 0.717) is 17.5 Å². The standard InChI is InChI=1S/C42H29N5/c1-28-21-39(44-27-43-28)35-18-10-17-33(23-35)36-24-37(34-20-19-29-11-8-9-16-32(29)22-34)26-38(25-36)42-46-40(30-12-4-2-5-13-30)45-41(47-42)31-14-6-3-7-15-31/h2-27H,1H3. The summed E-state index contributed by atoms with van der Waals surface area (Å²) in [5.41, 5.74) is 9.96. The molecule has 0 saturated carbocycles. The summed E-state index contributed by atoms with van der Waals surface area (Å²) in [6.45, 7) is 1.98. The number of hydrogen-bond acceptors (Lipinski definition) is 5. The topological polar surface area (TPSA) is 64.5 Å². The van der Waals surface area contributed by atoms with Crippen molar-refractivity contribution in [3.63, 3.8) is 0 Å². The summed E-state index contributed by atoms with van der Waals surface area (Å²) in [7, 11) is 0. The molecule has 0 saturated heterocycles. The summed E-state index contributed by atoms with van der Waals surface area (Å²) < 4.78 is 0. The van der Waals surface area contributed by atoms with Crippen LogP contribution in [0.15, 0.2) is 158 Å². The second-order valence-electron chi connectivity index (χ2n) is 11.5. The smallest absolute Gasteiger partial charge is 0.164 e. The SMILES string of the molecule is Cc1cc(-c2cccc(-c3cc(-c4ccc5ccccc5c4)cc(-c4nc(-c5ccccc5)nc(-c5ccccc5)n4)c3)c2)ncn1. The van der Waals surface area contributed by atoms with Gasteiger partial charge in [0.2, 0.25) is 0 Å². The first kappa shape index (κ1) is 28.2. The van der Waals surface area contributed by atoms with E-state index in [1.165, 1.54) is 10.8 Å². The Morgan fingerprint density at radius 1 is 0.340 bits per heavy atom. The molecule has 5 nitrogen and oxygen atoms in total. The molecule has 0 unspecified atom stereocenters. The van der Waals surface area contributed by atoms with Crippen LogP contribution in [0.5, 0.6) is 0 Å². The summed E-state index contributed by atoms with van der Waals surface area (Å²) in [5, 5.41) is 2.40. The van der Waals surface area contributed by atoms with Crippen molar-refractivity contribution in [2.24, 2.45) is 0 Å². The molecule has 222 valence electrons. The van der Waals surface area contributed by atoms with Crippen LogP contribution in [0.3, 0.4) is 0 Å². The lowest BCUT2D eigenvalue weighted by molar-refractivity contribution is 1.07. The Balaban J connectivity index is 1.34. The van der Waals surface area contributed by atoms with Gasteiger partial charge in [0, 0.05) is 27.9 Å². The van der Waals surface area contributed by atoms with Crippen molar-refractivity contribution in [3.8, 4) is 67.7 Å². The number of rotatable bonds is 6. The van der Waals surface area contributed by atoms with Crippen molar-refractivity contribution in [2.75, 3.05) is 0 Å². The molecule has 0 fully saturated rings. The Hall–Kier alpha value is -6.33. The number of aryl methyl sites for hydroxylation is 1. The molecule has 0 aliphatic carbocycles. The van der Waals surface area contributed by atoms with E-state index < -0.39 is 0 Å². The molecule has 47 heavy (non-hydrogen) atoms. The molecule has 0 radical (unpaired) electrons. The predicted molar refractivity (Wildman–Crippen MR) is 190 cm³/mol. The van der Waals surface area contributed by atoms with Crippen molar-refractivity contribution in [2.45, 2.75) is 6.92 Å². The van der Waals surface area contributed by atoms with Gasteiger partial charge in [0.05, 0.1) is 5.69 Å². The van der Waals surface area contributed by atoms with E-state index in [1.807, 2.05) is 73.7 Å². The average molecular weight is 604 g/mol. The number of fused-ring (bicyclic) bond motifs is 1. The first-order chi connectivity index (χ1) is 23.2. The zero-order chi connectivity index (χ0) is 31.6. The Kier molecular flexibility index (Phi) is 7.32. The molecule has 0 aliphatic rings. The minimum absolute atomic E-state index is 0.615. The molecule has 0 bridgehead atoms. The Morgan fingerprint density at radius 2 is 0.851 bits per heavy atom. The number of nitrogens with zero attached hydrogens (tertiary/aromatic N) is 5. The minimum Gasteiger partial charge on any atom is -0.242 e. The zero-order valence-electron chi connectivity index (χ0n) is 25.7. The lowest BCUT2D eigenvalue weighted by Gasteiger charge is -2.13. The van der Waals surface area contributed by atoms with Crippen molar-refractivity contribution in [3.05, 3.63) is 164 Å². The van der Waals surface area contributed by atoms with Crippen molar-refractivity contribution >= 4 is 10.8 Å². The maximum atomic E-state index is 5.05. The van der Waals surface area contributed by atoms with Gasteiger partial charge >= 0.3 is 0 Å².